The molecular weight excluding hydrogens is 288 g/mol. The van der Waals surface area contributed by atoms with Gasteiger partial charge in [-0.3, -0.25) is 4.79 Å². The van der Waals surface area contributed by atoms with E-state index in [1.54, 1.807) is 0 Å². The molecular formula is C16H17ClN2O2. The van der Waals surface area contributed by atoms with Gasteiger partial charge in [0, 0.05) is 17.4 Å². The molecule has 4 rings (SSSR count). The van der Waals surface area contributed by atoms with E-state index in [-0.39, 0.29) is 18.1 Å². The van der Waals surface area contributed by atoms with Crippen LogP contribution in [0.4, 0.5) is 0 Å². The average molecular weight is 305 g/mol. The summed E-state index contributed by atoms with van der Waals surface area (Å²) in [4.78, 5) is 18.0. The Morgan fingerprint density at radius 3 is 3.05 bits per heavy atom. The van der Waals surface area contributed by atoms with Crippen LogP contribution in [-0.2, 0) is 4.74 Å². The maximum Gasteiger partial charge on any atom is 0.272 e. The number of fused-ring (bicyclic) bond motifs is 2. The van der Waals surface area contributed by atoms with Crippen LogP contribution in [0.2, 0.25) is 5.02 Å². The summed E-state index contributed by atoms with van der Waals surface area (Å²) >= 11 is 6.40. The number of nitrogens with one attached hydrogen (secondary N) is 1. The van der Waals surface area contributed by atoms with Crippen molar-refractivity contribution in [2.24, 2.45) is 0 Å². The Morgan fingerprint density at radius 2 is 2.19 bits per heavy atom. The molecule has 2 unspecified atom stereocenters. The number of hydrogen-bond acceptors (Lipinski definition) is 2. The standard InChI is InChI=1S/C16H17ClN2O2/c17-14-10-4-1-2-5-11(10)18-15(14)16(20)19-8-9-21-13-7-3-6-12(13)19/h1-2,4-5,12-13,18H,3,6-9H2. The SMILES string of the molecule is O=C(c1[nH]c2ccccc2c1Cl)N1CCOC2CCCC21. The van der Waals surface area contributed by atoms with Crippen LogP contribution in [0.5, 0.6) is 0 Å². The lowest BCUT2D eigenvalue weighted by molar-refractivity contribution is -0.0446. The van der Waals surface area contributed by atoms with Crippen molar-refractivity contribution in [1.29, 1.82) is 0 Å². The Labute approximate surface area is 128 Å². The molecule has 1 aromatic heterocycles. The fourth-order valence-corrected chi connectivity index (χ4v) is 3.87. The van der Waals surface area contributed by atoms with Gasteiger partial charge in [0.15, 0.2) is 0 Å². The smallest absolute Gasteiger partial charge is 0.272 e. The number of morpholine rings is 1. The van der Waals surface area contributed by atoms with Gasteiger partial charge < -0.3 is 14.6 Å². The number of aromatic amines is 1. The van der Waals surface area contributed by atoms with Crippen LogP contribution in [0.1, 0.15) is 29.8 Å². The molecule has 2 aliphatic rings. The molecule has 2 aromatic rings. The van der Waals surface area contributed by atoms with E-state index in [9.17, 15) is 4.79 Å². The van der Waals surface area contributed by atoms with E-state index in [1.807, 2.05) is 29.2 Å². The summed E-state index contributed by atoms with van der Waals surface area (Å²) in [5.74, 6) is -0.00333. The molecule has 1 saturated carbocycles. The van der Waals surface area contributed by atoms with Gasteiger partial charge in [-0.05, 0) is 25.3 Å². The van der Waals surface area contributed by atoms with Crippen molar-refractivity contribution < 1.29 is 9.53 Å². The lowest BCUT2D eigenvalue weighted by Crippen LogP contribution is -2.51. The molecule has 110 valence electrons. The zero-order valence-corrected chi connectivity index (χ0v) is 12.4. The summed E-state index contributed by atoms with van der Waals surface area (Å²) < 4.78 is 5.77. The molecule has 2 heterocycles. The van der Waals surface area contributed by atoms with Crippen LogP contribution in [-0.4, -0.2) is 41.1 Å². The van der Waals surface area contributed by atoms with Crippen molar-refractivity contribution in [3.63, 3.8) is 0 Å². The van der Waals surface area contributed by atoms with Crippen LogP contribution >= 0.6 is 11.6 Å². The minimum atomic E-state index is -0.00333. The molecule has 0 radical (unpaired) electrons. The quantitative estimate of drug-likeness (QED) is 0.879. The zero-order chi connectivity index (χ0) is 14.4. The van der Waals surface area contributed by atoms with Gasteiger partial charge in [0.2, 0.25) is 0 Å². The van der Waals surface area contributed by atoms with Crippen molar-refractivity contribution >= 4 is 28.4 Å². The fourth-order valence-electron chi connectivity index (χ4n) is 3.58. The molecule has 4 nitrogen and oxygen atoms in total. The minimum absolute atomic E-state index is 0.00333. The zero-order valence-electron chi connectivity index (χ0n) is 11.6. The van der Waals surface area contributed by atoms with E-state index in [2.05, 4.69) is 4.98 Å². The number of para-hydroxylation sites is 1. The molecule has 1 saturated heterocycles. The Balaban J connectivity index is 1.71. The highest BCUT2D eigenvalue weighted by atomic mass is 35.5. The Kier molecular flexibility index (Phi) is 3.16. The second kappa shape index (κ2) is 5.04. The fraction of sp³-hybridized carbons (Fsp3) is 0.438. The van der Waals surface area contributed by atoms with Gasteiger partial charge in [0.05, 0.1) is 23.8 Å². The largest absolute Gasteiger partial charge is 0.374 e. The molecule has 1 aliphatic heterocycles. The van der Waals surface area contributed by atoms with Gasteiger partial charge in [-0.25, -0.2) is 0 Å². The Hall–Kier alpha value is -1.52. The van der Waals surface area contributed by atoms with Crippen LogP contribution in [0.3, 0.4) is 0 Å². The van der Waals surface area contributed by atoms with Gasteiger partial charge in [0.25, 0.3) is 5.91 Å². The third kappa shape index (κ3) is 2.05. The number of carbonyl (C=O) groups excluding carboxylic acids is 1. The van der Waals surface area contributed by atoms with Crippen LogP contribution in [0, 0.1) is 0 Å². The number of halogens is 1. The van der Waals surface area contributed by atoms with E-state index in [0.29, 0.717) is 23.9 Å². The lowest BCUT2D eigenvalue weighted by Gasteiger charge is -2.37. The first-order valence-electron chi connectivity index (χ1n) is 7.44. The molecule has 0 bridgehead atoms. The number of H-pyrrole nitrogens is 1. The molecule has 5 heteroatoms. The predicted octanol–water partition coefficient (Wildman–Crippen LogP) is 3.21. The molecule has 1 aromatic carbocycles. The summed E-state index contributed by atoms with van der Waals surface area (Å²) in [6.07, 6.45) is 3.40. The van der Waals surface area contributed by atoms with E-state index >= 15 is 0 Å². The van der Waals surface area contributed by atoms with Gasteiger partial charge in [-0.15, -0.1) is 0 Å². The first-order chi connectivity index (χ1) is 10.3. The molecule has 1 aliphatic carbocycles. The average Bonchev–Trinajstić information content (AvgIpc) is 3.11. The van der Waals surface area contributed by atoms with Gasteiger partial charge in [0.1, 0.15) is 5.69 Å². The number of nitrogens with zero attached hydrogens (tertiary/aromatic N) is 1. The number of benzene rings is 1. The lowest BCUT2D eigenvalue weighted by atomic mass is 10.1. The maximum absolute atomic E-state index is 12.9. The third-order valence-electron chi connectivity index (χ3n) is 4.60. The molecule has 1 N–H and O–H groups in total. The number of aromatic nitrogens is 1. The summed E-state index contributed by atoms with van der Waals surface area (Å²) in [5, 5.41) is 1.43. The monoisotopic (exact) mass is 304 g/mol. The number of ether oxygens (including phenoxy) is 1. The second-order valence-corrected chi connectivity index (χ2v) is 6.14. The highest BCUT2D eigenvalue weighted by molar-refractivity contribution is 6.38. The highest BCUT2D eigenvalue weighted by Gasteiger charge is 2.39. The van der Waals surface area contributed by atoms with Crippen molar-refractivity contribution in [1.82, 2.24) is 9.88 Å². The number of amides is 1. The van der Waals surface area contributed by atoms with Gasteiger partial charge in [-0.2, -0.15) is 0 Å². The Bertz CT molecular complexity index is 697. The molecule has 1 amide bonds. The maximum atomic E-state index is 12.9. The summed E-state index contributed by atoms with van der Waals surface area (Å²) in [5.41, 5.74) is 1.41. The number of rotatable bonds is 1. The van der Waals surface area contributed by atoms with Crippen LogP contribution < -0.4 is 0 Å². The van der Waals surface area contributed by atoms with Crippen molar-refractivity contribution in [2.75, 3.05) is 13.2 Å². The van der Waals surface area contributed by atoms with Crippen LogP contribution in [0.25, 0.3) is 10.9 Å². The number of carbonyl (C=O) groups is 1. The second-order valence-electron chi connectivity index (χ2n) is 5.77. The van der Waals surface area contributed by atoms with Crippen molar-refractivity contribution in [3.8, 4) is 0 Å². The van der Waals surface area contributed by atoms with Crippen molar-refractivity contribution in [3.05, 3.63) is 35.0 Å². The predicted molar refractivity (Wildman–Crippen MR) is 81.7 cm³/mol. The highest BCUT2D eigenvalue weighted by Crippen LogP contribution is 2.33. The van der Waals surface area contributed by atoms with Gasteiger partial charge in [-0.1, -0.05) is 29.8 Å². The first-order valence-corrected chi connectivity index (χ1v) is 7.82. The van der Waals surface area contributed by atoms with E-state index in [4.69, 9.17) is 16.3 Å². The van der Waals surface area contributed by atoms with Crippen molar-refractivity contribution in [2.45, 2.75) is 31.4 Å². The molecule has 21 heavy (non-hydrogen) atoms. The van der Waals surface area contributed by atoms with Crippen LogP contribution in [0.15, 0.2) is 24.3 Å². The summed E-state index contributed by atoms with van der Waals surface area (Å²) in [6, 6.07) is 7.94. The number of hydrogen-bond donors (Lipinski definition) is 1. The van der Waals surface area contributed by atoms with E-state index < -0.39 is 0 Å². The topological polar surface area (TPSA) is 45.3 Å². The normalized spacial score (nSPS) is 25.3. The Morgan fingerprint density at radius 1 is 1.33 bits per heavy atom. The minimum Gasteiger partial charge on any atom is -0.374 e. The summed E-state index contributed by atoms with van der Waals surface area (Å²) in [6.45, 7) is 1.26. The molecule has 0 spiro atoms. The first kappa shape index (κ1) is 13.2. The molecule has 2 fully saturated rings. The van der Waals surface area contributed by atoms with E-state index in [1.165, 1.54) is 0 Å². The third-order valence-corrected chi connectivity index (χ3v) is 4.99. The summed E-state index contributed by atoms with van der Waals surface area (Å²) in [7, 11) is 0. The van der Waals surface area contributed by atoms with Gasteiger partial charge >= 0.3 is 0 Å². The van der Waals surface area contributed by atoms with E-state index in [0.717, 1.165) is 30.2 Å². The molecule has 2 atom stereocenters.